The number of aliphatic hydroxyl groups excluding tert-OH is 1. The number of halogens is 1. The number of esters is 1. The van der Waals surface area contributed by atoms with Crippen LogP contribution in [0.25, 0.3) is 22.3 Å². The van der Waals surface area contributed by atoms with Crippen molar-refractivity contribution in [1.29, 1.82) is 0 Å². The number of carbonyl (C=O) groups excluding carboxylic acids is 1. The largest absolute Gasteiger partial charge is 0.490 e. The van der Waals surface area contributed by atoms with Crippen molar-refractivity contribution >= 4 is 5.97 Å². The van der Waals surface area contributed by atoms with Crippen molar-refractivity contribution in [3.63, 3.8) is 0 Å². The number of ether oxygens (including phenoxy) is 2. The maximum atomic E-state index is 15.4. The molecule has 1 N–H and O–H groups in total. The first-order valence-electron chi connectivity index (χ1n) is 15.1. The van der Waals surface area contributed by atoms with Gasteiger partial charge in [-0.1, -0.05) is 87.7 Å². The number of hydrogen-bond donors (Lipinski definition) is 1. The Morgan fingerprint density at radius 1 is 0.951 bits per heavy atom. The Balaban J connectivity index is 1.41. The van der Waals surface area contributed by atoms with Gasteiger partial charge in [0.15, 0.2) is 0 Å². The van der Waals surface area contributed by atoms with E-state index >= 15 is 4.39 Å². The standard InChI is InChI=1S/C36H43FO4/c1-3-5-6-7-26-8-10-27(11-9-26)28-12-14-29(15-13-28)31-18-19-33(34(37)24-31)32-17-16-30(20-21-38)35(25-32)40-22-23-41-36(39)4-2/h4,12-19,24-27,38H,2-3,5-11,20-23H2,1H3. The van der Waals surface area contributed by atoms with Gasteiger partial charge < -0.3 is 14.6 Å². The number of hydrogen-bond acceptors (Lipinski definition) is 4. The molecule has 3 aromatic carbocycles. The molecule has 5 heteroatoms. The van der Waals surface area contributed by atoms with Gasteiger partial charge in [0.1, 0.15) is 24.8 Å². The summed E-state index contributed by atoms with van der Waals surface area (Å²) in [6.45, 7) is 5.80. The molecular formula is C36H43FO4. The first-order valence-corrected chi connectivity index (χ1v) is 15.1. The second-order valence-electron chi connectivity index (χ2n) is 11.0. The van der Waals surface area contributed by atoms with E-state index in [0.717, 1.165) is 28.7 Å². The summed E-state index contributed by atoms with van der Waals surface area (Å²) >= 11 is 0. The van der Waals surface area contributed by atoms with Gasteiger partial charge in [0.2, 0.25) is 0 Å². The summed E-state index contributed by atoms with van der Waals surface area (Å²) in [7, 11) is 0. The smallest absolute Gasteiger partial charge is 0.330 e. The van der Waals surface area contributed by atoms with Crippen LogP contribution in [-0.4, -0.2) is 30.9 Å². The zero-order chi connectivity index (χ0) is 29.0. The normalized spacial score (nSPS) is 16.8. The van der Waals surface area contributed by atoms with Gasteiger partial charge in [-0.3, -0.25) is 0 Å². The summed E-state index contributed by atoms with van der Waals surface area (Å²) in [6.07, 6.45) is 12.1. The Labute approximate surface area is 244 Å². The van der Waals surface area contributed by atoms with Crippen LogP contribution in [0.5, 0.6) is 5.75 Å². The Morgan fingerprint density at radius 3 is 2.37 bits per heavy atom. The Hall–Kier alpha value is -3.44. The topological polar surface area (TPSA) is 55.8 Å². The van der Waals surface area contributed by atoms with E-state index < -0.39 is 5.97 Å². The molecule has 1 aliphatic rings. The Kier molecular flexibility index (Phi) is 11.6. The molecule has 0 unspecified atom stereocenters. The Bertz CT molecular complexity index is 1280. The SMILES string of the molecule is C=CC(=O)OCCOc1cc(-c2ccc(-c3ccc(C4CCC(CCCCC)CC4)cc3)cc2F)ccc1CCO. The summed E-state index contributed by atoms with van der Waals surface area (Å²) in [5, 5.41) is 9.43. The van der Waals surface area contributed by atoms with Gasteiger partial charge in [0, 0.05) is 18.2 Å². The van der Waals surface area contributed by atoms with Crippen LogP contribution in [0.1, 0.15) is 75.3 Å². The van der Waals surface area contributed by atoms with Gasteiger partial charge in [0.25, 0.3) is 0 Å². The monoisotopic (exact) mass is 558 g/mol. The van der Waals surface area contributed by atoms with Crippen molar-refractivity contribution in [3.8, 4) is 28.0 Å². The maximum Gasteiger partial charge on any atom is 0.330 e. The van der Waals surface area contributed by atoms with Gasteiger partial charge in [0.05, 0.1) is 0 Å². The number of benzene rings is 3. The number of rotatable bonds is 14. The molecule has 1 aliphatic carbocycles. The fourth-order valence-electron chi connectivity index (χ4n) is 5.88. The molecule has 4 rings (SSSR count). The van der Waals surface area contributed by atoms with Crippen LogP contribution in [0, 0.1) is 11.7 Å². The van der Waals surface area contributed by atoms with Gasteiger partial charge in [-0.25, -0.2) is 9.18 Å². The Morgan fingerprint density at radius 2 is 1.68 bits per heavy atom. The van der Waals surface area contributed by atoms with Crippen LogP contribution in [0.2, 0.25) is 0 Å². The van der Waals surface area contributed by atoms with E-state index in [9.17, 15) is 9.90 Å². The zero-order valence-corrected chi connectivity index (χ0v) is 24.2. The summed E-state index contributed by atoms with van der Waals surface area (Å²) in [5.74, 6) is 1.22. The molecule has 0 aromatic heterocycles. The van der Waals surface area contributed by atoms with Crippen LogP contribution in [0.15, 0.2) is 73.3 Å². The highest BCUT2D eigenvalue weighted by Gasteiger charge is 2.22. The van der Waals surface area contributed by atoms with Crippen molar-refractivity contribution < 1.29 is 23.8 Å². The molecule has 0 saturated heterocycles. The van der Waals surface area contributed by atoms with Crippen LogP contribution in [0.4, 0.5) is 4.39 Å². The molecule has 0 aliphatic heterocycles. The molecule has 0 atom stereocenters. The molecule has 0 spiro atoms. The third kappa shape index (κ3) is 8.53. The third-order valence-electron chi connectivity index (χ3n) is 8.26. The molecule has 218 valence electrons. The van der Waals surface area contributed by atoms with Gasteiger partial charge >= 0.3 is 5.97 Å². The quantitative estimate of drug-likeness (QED) is 0.122. The predicted molar refractivity (Wildman–Crippen MR) is 164 cm³/mol. The van der Waals surface area contributed by atoms with E-state index in [1.54, 1.807) is 18.2 Å². The molecule has 0 bridgehead atoms. The van der Waals surface area contributed by atoms with Crippen LogP contribution in [-0.2, 0) is 16.0 Å². The molecule has 41 heavy (non-hydrogen) atoms. The van der Waals surface area contributed by atoms with E-state index in [2.05, 4.69) is 37.8 Å². The molecule has 1 saturated carbocycles. The molecule has 4 nitrogen and oxygen atoms in total. The minimum absolute atomic E-state index is 0.0384. The lowest BCUT2D eigenvalue weighted by molar-refractivity contribution is -0.138. The van der Waals surface area contributed by atoms with E-state index in [1.807, 2.05) is 18.2 Å². The fourth-order valence-corrected chi connectivity index (χ4v) is 5.88. The molecule has 0 radical (unpaired) electrons. The van der Waals surface area contributed by atoms with Crippen molar-refractivity contribution in [1.82, 2.24) is 0 Å². The summed E-state index contributed by atoms with van der Waals surface area (Å²) in [6, 6.07) is 19.5. The van der Waals surface area contributed by atoms with Gasteiger partial charge in [-0.15, -0.1) is 0 Å². The molecule has 3 aromatic rings. The predicted octanol–water partition coefficient (Wildman–Crippen LogP) is 8.66. The second-order valence-corrected chi connectivity index (χ2v) is 11.0. The van der Waals surface area contributed by atoms with Gasteiger partial charge in [-0.2, -0.15) is 0 Å². The minimum atomic E-state index is -0.518. The maximum absolute atomic E-state index is 15.4. The zero-order valence-electron chi connectivity index (χ0n) is 24.2. The minimum Gasteiger partial charge on any atom is -0.490 e. The number of carbonyl (C=O) groups is 1. The van der Waals surface area contributed by atoms with E-state index in [4.69, 9.17) is 9.47 Å². The van der Waals surface area contributed by atoms with Crippen LogP contribution < -0.4 is 4.74 Å². The summed E-state index contributed by atoms with van der Waals surface area (Å²) < 4.78 is 26.2. The van der Waals surface area contributed by atoms with Crippen molar-refractivity contribution in [3.05, 3.63) is 90.3 Å². The first-order chi connectivity index (χ1) is 20.0. The highest BCUT2D eigenvalue weighted by molar-refractivity contribution is 5.81. The number of aliphatic hydroxyl groups is 1. The van der Waals surface area contributed by atoms with E-state index in [0.29, 0.717) is 29.2 Å². The van der Waals surface area contributed by atoms with Gasteiger partial charge in [-0.05, 0) is 83.9 Å². The average molecular weight is 559 g/mol. The lowest BCUT2D eigenvalue weighted by atomic mass is 9.77. The van der Waals surface area contributed by atoms with Crippen molar-refractivity contribution in [2.45, 2.75) is 70.6 Å². The lowest BCUT2D eigenvalue weighted by Gasteiger charge is -2.29. The first kappa shape index (κ1) is 30.5. The third-order valence-corrected chi connectivity index (χ3v) is 8.26. The molecule has 0 amide bonds. The molecule has 0 heterocycles. The average Bonchev–Trinajstić information content (AvgIpc) is 3.00. The van der Waals surface area contributed by atoms with Crippen molar-refractivity contribution in [2.24, 2.45) is 5.92 Å². The molecular weight excluding hydrogens is 515 g/mol. The second kappa shape index (κ2) is 15.5. The fraction of sp³-hybridized carbons (Fsp3) is 0.417. The van der Waals surface area contributed by atoms with E-state index in [-0.39, 0.29) is 25.6 Å². The molecule has 1 fully saturated rings. The van der Waals surface area contributed by atoms with E-state index in [1.165, 1.54) is 56.9 Å². The number of unbranched alkanes of at least 4 members (excludes halogenated alkanes) is 2. The summed E-state index contributed by atoms with van der Waals surface area (Å²) in [5.41, 5.74) is 5.19. The lowest BCUT2D eigenvalue weighted by Crippen LogP contribution is -2.13. The highest BCUT2D eigenvalue weighted by atomic mass is 19.1. The van der Waals surface area contributed by atoms with Crippen LogP contribution >= 0.6 is 0 Å². The van der Waals surface area contributed by atoms with Crippen LogP contribution in [0.3, 0.4) is 0 Å². The highest BCUT2D eigenvalue weighted by Crippen LogP contribution is 2.38. The van der Waals surface area contributed by atoms with Crippen molar-refractivity contribution in [2.75, 3.05) is 19.8 Å². The summed E-state index contributed by atoms with van der Waals surface area (Å²) in [4.78, 5) is 11.3.